The molecule has 27 heavy (non-hydrogen) atoms. The number of unbranched alkanes of at least 4 members (excludes halogenated alkanes) is 15. The van der Waals surface area contributed by atoms with E-state index in [2.05, 4.69) is 6.92 Å². The first-order valence-electron chi connectivity index (χ1n) is 11.4. The van der Waals surface area contributed by atoms with Crippen molar-refractivity contribution in [3.05, 3.63) is 24.0 Å². The summed E-state index contributed by atoms with van der Waals surface area (Å²) in [5, 5.41) is 9.21. The zero-order chi connectivity index (χ0) is 19.6. The summed E-state index contributed by atoms with van der Waals surface area (Å²) in [5.41, 5.74) is 0. The van der Waals surface area contributed by atoms with E-state index < -0.39 is 0 Å². The van der Waals surface area contributed by atoms with Crippen molar-refractivity contribution < 1.29 is 9.50 Å². The second-order valence-electron chi connectivity index (χ2n) is 7.77. The fraction of sp³-hybridized carbons (Fsp3) is 0.750. The molecule has 1 aromatic rings. The summed E-state index contributed by atoms with van der Waals surface area (Å²) in [4.78, 5) is 0.647. The van der Waals surface area contributed by atoms with Gasteiger partial charge in [0.05, 0.1) is 0 Å². The SMILES string of the molecule is CCCCCCCCCCCCCCCCCCSc1ccc(O)cc1F. The van der Waals surface area contributed by atoms with E-state index >= 15 is 0 Å². The molecule has 0 bridgehead atoms. The van der Waals surface area contributed by atoms with Crippen LogP contribution in [0.1, 0.15) is 110 Å². The molecular weight excluding hydrogens is 355 g/mol. The Bertz CT molecular complexity index is 464. The van der Waals surface area contributed by atoms with Crippen molar-refractivity contribution in [3.63, 3.8) is 0 Å². The molecule has 0 unspecified atom stereocenters. The lowest BCUT2D eigenvalue weighted by Crippen LogP contribution is -1.86. The lowest BCUT2D eigenvalue weighted by molar-refractivity contribution is 0.466. The van der Waals surface area contributed by atoms with Crippen LogP contribution in [0.3, 0.4) is 0 Å². The molecule has 0 aliphatic carbocycles. The van der Waals surface area contributed by atoms with E-state index in [0.717, 1.165) is 12.2 Å². The highest BCUT2D eigenvalue weighted by Crippen LogP contribution is 2.26. The molecule has 1 aromatic carbocycles. The van der Waals surface area contributed by atoms with Gasteiger partial charge in [0.1, 0.15) is 11.6 Å². The van der Waals surface area contributed by atoms with E-state index in [1.807, 2.05) is 0 Å². The minimum absolute atomic E-state index is 0.000686. The highest BCUT2D eigenvalue weighted by atomic mass is 32.2. The van der Waals surface area contributed by atoms with E-state index in [1.165, 1.54) is 102 Å². The molecule has 0 saturated carbocycles. The first-order valence-corrected chi connectivity index (χ1v) is 12.3. The van der Waals surface area contributed by atoms with E-state index in [0.29, 0.717) is 4.90 Å². The minimum atomic E-state index is -0.309. The van der Waals surface area contributed by atoms with E-state index in [9.17, 15) is 9.50 Å². The third-order valence-corrected chi connectivity index (χ3v) is 6.31. The molecule has 0 aromatic heterocycles. The van der Waals surface area contributed by atoms with Crippen molar-refractivity contribution in [2.45, 2.75) is 115 Å². The first-order chi connectivity index (χ1) is 13.2. The maximum atomic E-state index is 13.6. The topological polar surface area (TPSA) is 20.2 Å². The van der Waals surface area contributed by atoms with Crippen LogP contribution in [0.5, 0.6) is 5.75 Å². The lowest BCUT2D eigenvalue weighted by atomic mass is 10.0. The Hall–Kier alpha value is -0.700. The number of halogens is 1. The second kappa shape index (κ2) is 17.4. The normalized spacial score (nSPS) is 11.2. The number of hydrogen-bond donors (Lipinski definition) is 1. The Morgan fingerprint density at radius 1 is 0.704 bits per heavy atom. The maximum Gasteiger partial charge on any atom is 0.140 e. The third-order valence-electron chi connectivity index (χ3n) is 5.17. The zero-order valence-electron chi connectivity index (χ0n) is 17.5. The predicted octanol–water partition coefficient (Wildman–Crippen LogP) is 8.88. The van der Waals surface area contributed by atoms with Gasteiger partial charge in [-0.15, -0.1) is 11.8 Å². The lowest BCUT2D eigenvalue weighted by Gasteiger charge is -2.05. The Morgan fingerprint density at radius 3 is 1.59 bits per heavy atom. The molecule has 1 rings (SSSR count). The molecule has 0 spiro atoms. The molecule has 0 saturated heterocycles. The van der Waals surface area contributed by atoms with Gasteiger partial charge in [-0.3, -0.25) is 0 Å². The number of benzene rings is 1. The maximum absolute atomic E-state index is 13.6. The van der Waals surface area contributed by atoms with Gasteiger partial charge in [0.2, 0.25) is 0 Å². The van der Waals surface area contributed by atoms with Crippen LogP contribution in [0.2, 0.25) is 0 Å². The Balaban J connectivity index is 1.78. The molecule has 0 heterocycles. The van der Waals surface area contributed by atoms with Gasteiger partial charge in [-0.25, -0.2) is 4.39 Å². The summed E-state index contributed by atoms with van der Waals surface area (Å²) < 4.78 is 13.6. The monoisotopic (exact) mass is 396 g/mol. The number of phenolic OH excluding ortho intramolecular Hbond substituents is 1. The van der Waals surface area contributed by atoms with Crippen LogP contribution >= 0.6 is 11.8 Å². The van der Waals surface area contributed by atoms with Gasteiger partial charge in [0.25, 0.3) is 0 Å². The summed E-state index contributed by atoms with van der Waals surface area (Å²) >= 11 is 1.56. The Labute approximate surface area is 171 Å². The van der Waals surface area contributed by atoms with Crippen molar-refractivity contribution in [2.24, 2.45) is 0 Å². The average Bonchev–Trinajstić information content (AvgIpc) is 2.65. The van der Waals surface area contributed by atoms with Crippen molar-refractivity contribution in [2.75, 3.05) is 5.75 Å². The number of rotatable bonds is 18. The van der Waals surface area contributed by atoms with Gasteiger partial charge >= 0.3 is 0 Å². The molecule has 0 aliphatic heterocycles. The minimum Gasteiger partial charge on any atom is -0.508 e. The van der Waals surface area contributed by atoms with Crippen LogP contribution in [-0.4, -0.2) is 10.9 Å². The van der Waals surface area contributed by atoms with E-state index in [4.69, 9.17) is 0 Å². The highest BCUT2D eigenvalue weighted by molar-refractivity contribution is 7.99. The fourth-order valence-corrected chi connectivity index (χ4v) is 4.37. The van der Waals surface area contributed by atoms with Gasteiger partial charge in [-0.2, -0.15) is 0 Å². The van der Waals surface area contributed by atoms with E-state index in [-0.39, 0.29) is 11.6 Å². The third kappa shape index (κ3) is 14.0. The smallest absolute Gasteiger partial charge is 0.140 e. The van der Waals surface area contributed by atoms with Crippen LogP contribution in [0.4, 0.5) is 4.39 Å². The van der Waals surface area contributed by atoms with Crippen molar-refractivity contribution in [1.82, 2.24) is 0 Å². The Kier molecular flexibility index (Phi) is 15.7. The summed E-state index contributed by atoms with van der Waals surface area (Å²) in [6, 6.07) is 4.41. The number of thioether (sulfide) groups is 1. The molecule has 0 radical (unpaired) electrons. The molecule has 1 nitrogen and oxygen atoms in total. The largest absolute Gasteiger partial charge is 0.508 e. The molecule has 0 amide bonds. The molecule has 1 N–H and O–H groups in total. The van der Waals surface area contributed by atoms with Gasteiger partial charge in [-0.05, 0) is 24.3 Å². The van der Waals surface area contributed by atoms with E-state index in [1.54, 1.807) is 23.9 Å². The van der Waals surface area contributed by atoms with Gasteiger partial charge < -0.3 is 5.11 Å². The van der Waals surface area contributed by atoms with Crippen molar-refractivity contribution in [3.8, 4) is 5.75 Å². The number of aromatic hydroxyl groups is 1. The zero-order valence-corrected chi connectivity index (χ0v) is 18.3. The molecule has 0 aliphatic rings. The highest BCUT2D eigenvalue weighted by Gasteiger charge is 2.03. The number of hydrogen-bond acceptors (Lipinski definition) is 2. The predicted molar refractivity (Wildman–Crippen MR) is 118 cm³/mol. The van der Waals surface area contributed by atoms with Crippen molar-refractivity contribution in [1.29, 1.82) is 0 Å². The van der Waals surface area contributed by atoms with Gasteiger partial charge in [0.15, 0.2) is 0 Å². The van der Waals surface area contributed by atoms with Crippen LogP contribution < -0.4 is 0 Å². The summed E-state index contributed by atoms with van der Waals surface area (Å²) in [6.07, 6.45) is 22.0. The summed E-state index contributed by atoms with van der Waals surface area (Å²) in [6.45, 7) is 2.28. The molecule has 156 valence electrons. The molecular formula is C24H41FOS. The quantitative estimate of drug-likeness (QED) is 0.197. The average molecular weight is 397 g/mol. The standard InChI is InChI=1S/C24H41FOS/c1-2-3-4-5-6-7-8-9-10-11-12-13-14-15-16-17-20-27-24-19-18-22(26)21-23(24)25/h18-19,21,26H,2-17,20H2,1H3. The first kappa shape index (κ1) is 24.3. The van der Waals surface area contributed by atoms with Crippen LogP contribution in [0.25, 0.3) is 0 Å². The second-order valence-corrected chi connectivity index (χ2v) is 8.90. The molecule has 0 fully saturated rings. The van der Waals surface area contributed by atoms with Crippen LogP contribution in [0, 0.1) is 5.82 Å². The molecule has 3 heteroatoms. The van der Waals surface area contributed by atoms with Crippen molar-refractivity contribution >= 4 is 11.8 Å². The van der Waals surface area contributed by atoms with Crippen LogP contribution in [-0.2, 0) is 0 Å². The number of phenols is 1. The van der Waals surface area contributed by atoms with Gasteiger partial charge in [-0.1, -0.05) is 103 Å². The molecule has 0 atom stereocenters. The Morgan fingerprint density at radius 2 is 1.15 bits per heavy atom. The van der Waals surface area contributed by atoms with Crippen LogP contribution in [0.15, 0.2) is 23.1 Å². The van der Waals surface area contributed by atoms with Gasteiger partial charge in [0, 0.05) is 11.0 Å². The fourth-order valence-electron chi connectivity index (χ4n) is 3.44. The summed E-state index contributed by atoms with van der Waals surface area (Å²) in [7, 11) is 0. The summed E-state index contributed by atoms with van der Waals surface area (Å²) in [5.74, 6) is 0.649.